The van der Waals surface area contributed by atoms with Crippen molar-refractivity contribution in [2.24, 2.45) is 11.8 Å². The monoisotopic (exact) mass is 246 g/mol. The number of nitriles is 1. The molecule has 1 saturated carbocycles. The van der Waals surface area contributed by atoms with Crippen molar-refractivity contribution in [1.82, 2.24) is 4.98 Å². The van der Waals surface area contributed by atoms with Crippen LogP contribution in [0.4, 0.5) is 0 Å². The lowest BCUT2D eigenvalue weighted by Gasteiger charge is -2.31. The highest BCUT2D eigenvalue weighted by atomic mass is 32.2. The molecule has 90 valence electrons. The van der Waals surface area contributed by atoms with Crippen LogP contribution in [0, 0.1) is 23.2 Å². The van der Waals surface area contributed by atoms with Crippen LogP contribution in [0.3, 0.4) is 0 Å². The topological polar surface area (TPSA) is 36.7 Å². The molecule has 0 saturated heterocycles. The van der Waals surface area contributed by atoms with E-state index < -0.39 is 0 Å². The van der Waals surface area contributed by atoms with Gasteiger partial charge in [0.05, 0.1) is 12.0 Å². The maximum absolute atomic E-state index is 9.22. The third-order valence-electron chi connectivity index (χ3n) is 3.58. The average Bonchev–Trinajstić information content (AvgIpc) is 2.40. The minimum absolute atomic E-state index is 0.218. The van der Waals surface area contributed by atoms with Crippen LogP contribution in [0.25, 0.3) is 0 Å². The Kier molecular flexibility index (Phi) is 4.44. The van der Waals surface area contributed by atoms with Gasteiger partial charge in [-0.2, -0.15) is 5.26 Å². The largest absolute Gasteiger partial charge is 0.265 e. The Hall–Kier alpha value is -1.01. The summed E-state index contributed by atoms with van der Waals surface area (Å²) in [6, 6.07) is 6.56. The minimum atomic E-state index is 0.218. The fraction of sp³-hybridized carbons (Fsp3) is 0.571. The summed E-state index contributed by atoms with van der Waals surface area (Å²) < 4.78 is 0. The molecule has 0 bridgehead atoms. The molecule has 0 N–H and O–H groups in total. The van der Waals surface area contributed by atoms with E-state index in [1.54, 1.807) is 0 Å². The Morgan fingerprint density at radius 1 is 1.41 bits per heavy atom. The highest BCUT2D eigenvalue weighted by Crippen LogP contribution is 2.40. The number of pyridine rings is 1. The van der Waals surface area contributed by atoms with Crippen LogP contribution in [-0.2, 0) is 0 Å². The first-order chi connectivity index (χ1) is 8.33. The van der Waals surface area contributed by atoms with Gasteiger partial charge in [-0.05, 0) is 37.3 Å². The van der Waals surface area contributed by atoms with Crippen LogP contribution >= 0.6 is 11.8 Å². The van der Waals surface area contributed by atoms with E-state index in [-0.39, 0.29) is 5.92 Å². The standard InChI is InChI=1S/C14H18N2S/c1-2-11-3-4-12(10-15)14(9-11)17-13-5-7-16-8-6-13/h5-8,11-12,14H,2-4,9H2,1H3. The van der Waals surface area contributed by atoms with Gasteiger partial charge in [0.2, 0.25) is 0 Å². The summed E-state index contributed by atoms with van der Waals surface area (Å²) in [5, 5.41) is 9.68. The molecule has 3 heteroatoms. The summed E-state index contributed by atoms with van der Waals surface area (Å²) in [5.74, 6) is 1.02. The summed E-state index contributed by atoms with van der Waals surface area (Å²) in [7, 11) is 0. The Bertz CT molecular complexity index is 385. The normalized spacial score (nSPS) is 28.6. The fourth-order valence-electron chi connectivity index (χ4n) is 2.45. The number of thioether (sulfide) groups is 1. The van der Waals surface area contributed by atoms with Gasteiger partial charge in [-0.1, -0.05) is 13.3 Å². The van der Waals surface area contributed by atoms with Crippen LogP contribution in [-0.4, -0.2) is 10.2 Å². The highest BCUT2D eigenvalue weighted by Gasteiger charge is 2.30. The van der Waals surface area contributed by atoms with Gasteiger partial charge in [-0.15, -0.1) is 11.8 Å². The number of hydrogen-bond donors (Lipinski definition) is 0. The number of hydrogen-bond acceptors (Lipinski definition) is 3. The SMILES string of the molecule is CCC1CCC(C#N)C(Sc2ccncc2)C1. The second-order valence-electron chi connectivity index (χ2n) is 4.66. The summed E-state index contributed by atoms with van der Waals surface area (Å²) in [5.41, 5.74) is 0. The van der Waals surface area contributed by atoms with E-state index in [9.17, 15) is 5.26 Å². The Labute approximate surface area is 107 Å². The van der Waals surface area contributed by atoms with Crippen molar-refractivity contribution >= 4 is 11.8 Å². The molecule has 3 unspecified atom stereocenters. The zero-order valence-electron chi connectivity index (χ0n) is 10.2. The molecular formula is C14H18N2S. The van der Waals surface area contributed by atoms with Crippen molar-refractivity contribution in [3.8, 4) is 6.07 Å². The van der Waals surface area contributed by atoms with E-state index in [0.29, 0.717) is 5.25 Å². The highest BCUT2D eigenvalue weighted by molar-refractivity contribution is 8.00. The molecule has 0 amide bonds. The second-order valence-corrected chi connectivity index (χ2v) is 5.97. The van der Waals surface area contributed by atoms with E-state index in [4.69, 9.17) is 0 Å². The van der Waals surface area contributed by atoms with Gasteiger partial charge >= 0.3 is 0 Å². The number of nitrogens with zero attached hydrogens (tertiary/aromatic N) is 2. The lowest BCUT2D eigenvalue weighted by Crippen LogP contribution is -2.25. The fourth-order valence-corrected chi connectivity index (χ4v) is 3.81. The molecule has 1 aliphatic rings. The van der Waals surface area contributed by atoms with Gasteiger partial charge in [-0.25, -0.2) is 0 Å². The number of aromatic nitrogens is 1. The smallest absolute Gasteiger partial charge is 0.0667 e. The van der Waals surface area contributed by atoms with Crippen molar-refractivity contribution in [2.75, 3.05) is 0 Å². The first-order valence-corrected chi connectivity index (χ1v) is 7.17. The van der Waals surface area contributed by atoms with Crippen LogP contribution in [0.5, 0.6) is 0 Å². The maximum Gasteiger partial charge on any atom is 0.0667 e. The van der Waals surface area contributed by atoms with E-state index in [0.717, 1.165) is 12.3 Å². The maximum atomic E-state index is 9.22. The molecule has 1 heterocycles. The minimum Gasteiger partial charge on any atom is -0.265 e. The Morgan fingerprint density at radius 3 is 2.82 bits per heavy atom. The quantitative estimate of drug-likeness (QED) is 0.811. The van der Waals surface area contributed by atoms with E-state index >= 15 is 0 Å². The predicted molar refractivity (Wildman–Crippen MR) is 70.6 cm³/mol. The summed E-state index contributed by atoms with van der Waals surface area (Å²) >= 11 is 1.85. The van der Waals surface area contributed by atoms with Gasteiger partial charge in [0, 0.05) is 22.5 Å². The molecule has 2 rings (SSSR count). The Balaban J connectivity index is 2.03. The van der Waals surface area contributed by atoms with Crippen molar-refractivity contribution in [3.63, 3.8) is 0 Å². The molecule has 1 aromatic heterocycles. The molecule has 2 nitrogen and oxygen atoms in total. The predicted octanol–water partition coefficient (Wildman–Crippen LogP) is 3.89. The first kappa shape index (κ1) is 12.4. The van der Waals surface area contributed by atoms with E-state index in [2.05, 4.69) is 18.0 Å². The molecule has 1 aromatic rings. The molecule has 3 atom stereocenters. The molecule has 0 spiro atoms. The third-order valence-corrected chi connectivity index (χ3v) is 4.95. The summed E-state index contributed by atoms with van der Waals surface area (Å²) in [6.45, 7) is 2.26. The molecule has 0 aliphatic heterocycles. The molecule has 17 heavy (non-hydrogen) atoms. The van der Waals surface area contributed by atoms with Gasteiger partial charge in [0.25, 0.3) is 0 Å². The van der Waals surface area contributed by atoms with E-state index in [1.165, 1.54) is 24.2 Å². The zero-order chi connectivity index (χ0) is 12.1. The van der Waals surface area contributed by atoms with Crippen LogP contribution in [0.2, 0.25) is 0 Å². The number of rotatable bonds is 3. The van der Waals surface area contributed by atoms with Gasteiger partial charge < -0.3 is 0 Å². The van der Waals surface area contributed by atoms with Gasteiger partial charge in [0.1, 0.15) is 0 Å². The van der Waals surface area contributed by atoms with E-state index in [1.807, 2.05) is 36.3 Å². The van der Waals surface area contributed by atoms with Crippen LogP contribution in [0.15, 0.2) is 29.4 Å². The lowest BCUT2D eigenvalue weighted by atomic mass is 9.81. The molecular weight excluding hydrogens is 228 g/mol. The van der Waals surface area contributed by atoms with Crippen LogP contribution < -0.4 is 0 Å². The van der Waals surface area contributed by atoms with Gasteiger partial charge in [-0.3, -0.25) is 4.98 Å². The molecule has 1 fully saturated rings. The van der Waals surface area contributed by atoms with Crippen molar-refractivity contribution in [2.45, 2.75) is 42.8 Å². The Morgan fingerprint density at radius 2 is 2.18 bits per heavy atom. The second kappa shape index (κ2) is 6.07. The third kappa shape index (κ3) is 3.23. The average molecular weight is 246 g/mol. The molecule has 0 radical (unpaired) electrons. The summed E-state index contributed by atoms with van der Waals surface area (Å²) in [6.07, 6.45) is 8.36. The summed E-state index contributed by atoms with van der Waals surface area (Å²) in [4.78, 5) is 5.27. The van der Waals surface area contributed by atoms with Crippen LogP contribution in [0.1, 0.15) is 32.6 Å². The van der Waals surface area contributed by atoms with Gasteiger partial charge in [0.15, 0.2) is 0 Å². The van der Waals surface area contributed by atoms with Crippen molar-refractivity contribution < 1.29 is 0 Å². The molecule has 0 aromatic carbocycles. The lowest BCUT2D eigenvalue weighted by molar-refractivity contribution is 0.317. The van der Waals surface area contributed by atoms with Crippen molar-refractivity contribution in [3.05, 3.63) is 24.5 Å². The van der Waals surface area contributed by atoms with Crippen molar-refractivity contribution in [1.29, 1.82) is 5.26 Å². The molecule has 1 aliphatic carbocycles. The first-order valence-electron chi connectivity index (χ1n) is 6.29. The zero-order valence-corrected chi connectivity index (χ0v) is 11.0.